The minimum absolute atomic E-state index is 0.00500. The zero-order valence-corrected chi connectivity index (χ0v) is 22.9. The van der Waals surface area contributed by atoms with Gasteiger partial charge in [-0.05, 0) is 53.9 Å². The Balaban J connectivity index is 1.58. The number of carbonyl (C=O) groups is 2. The van der Waals surface area contributed by atoms with E-state index in [4.69, 9.17) is 0 Å². The van der Waals surface area contributed by atoms with Gasteiger partial charge in [0.2, 0.25) is 0 Å². The maximum Gasteiger partial charge on any atom is 0.322 e. The number of rotatable bonds is 8. The smallest absolute Gasteiger partial charge is 0.322 e. The van der Waals surface area contributed by atoms with Gasteiger partial charge in [0.25, 0.3) is 10.0 Å². The molecule has 0 atom stereocenters. The Hall–Kier alpha value is -4.90. The molecule has 2 aliphatic rings. The number of benzene rings is 3. The van der Waals surface area contributed by atoms with Crippen molar-refractivity contribution in [1.82, 2.24) is 15.6 Å². The lowest BCUT2D eigenvalue weighted by Gasteiger charge is -2.31. The predicted molar refractivity (Wildman–Crippen MR) is 157 cm³/mol. The molecule has 208 valence electrons. The first-order chi connectivity index (χ1) is 19.9. The molecule has 4 amide bonds. The van der Waals surface area contributed by atoms with Crippen LogP contribution in [0.2, 0.25) is 0 Å². The molecule has 10 nitrogen and oxygen atoms in total. The van der Waals surface area contributed by atoms with Crippen molar-refractivity contribution in [2.45, 2.75) is 11.3 Å². The molecule has 1 aromatic heterocycles. The normalized spacial score (nSPS) is 15.1. The summed E-state index contributed by atoms with van der Waals surface area (Å²) >= 11 is 0. The number of hydrogen-bond donors (Lipinski definition) is 2. The van der Waals surface area contributed by atoms with Gasteiger partial charge < -0.3 is 10.6 Å². The van der Waals surface area contributed by atoms with Crippen LogP contribution in [0.25, 0.3) is 0 Å². The van der Waals surface area contributed by atoms with Crippen LogP contribution in [0, 0.1) is 0 Å². The zero-order chi connectivity index (χ0) is 28.4. The summed E-state index contributed by atoms with van der Waals surface area (Å²) in [7, 11) is -4.23. The summed E-state index contributed by atoms with van der Waals surface area (Å²) in [5, 5.41) is 5.63. The molecule has 2 N–H and O–H groups in total. The lowest BCUT2D eigenvalue weighted by Crippen LogP contribution is -2.33. The average molecular weight is 569 g/mol. The number of pyridine rings is 1. The molecule has 0 bridgehead atoms. The second-order valence-electron chi connectivity index (χ2n) is 9.69. The second kappa shape index (κ2) is 10.9. The van der Waals surface area contributed by atoms with Gasteiger partial charge in [0, 0.05) is 44.3 Å². The van der Waals surface area contributed by atoms with Crippen LogP contribution in [0.5, 0.6) is 0 Å². The Labute approximate surface area is 238 Å². The molecule has 6 rings (SSSR count). The Morgan fingerprint density at radius 1 is 0.805 bits per heavy atom. The van der Waals surface area contributed by atoms with Crippen LogP contribution < -0.4 is 24.7 Å². The third kappa shape index (κ3) is 5.07. The van der Waals surface area contributed by atoms with Crippen molar-refractivity contribution in [1.29, 1.82) is 0 Å². The predicted octanol–water partition coefficient (Wildman–Crippen LogP) is 4.26. The molecule has 3 heterocycles. The Morgan fingerprint density at radius 2 is 1.54 bits per heavy atom. The number of nitrogens with zero attached hydrogens (tertiary/aromatic N) is 4. The Bertz CT molecular complexity index is 1700. The van der Waals surface area contributed by atoms with E-state index in [1.807, 2.05) is 36.4 Å². The number of aromatic nitrogens is 1. The standard InChI is InChI=1S/C30H28N6O4S/c37-29-32-15-17-34(29)24-10-5-11-25(20-24)36(41(39,40)26-12-6-14-31-21-26)27-13-4-9-23(19-22-7-2-1-3-8-22)28(27)35-18-16-33-30(35)38/h1-14,20-21H,15-19H2,(H,32,37)(H,33,38). The molecule has 3 aromatic carbocycles. The van der Waals surface area contributed by atoms with Crippen molar-refractivity contribution >= 4 is 44.8 Å². The summed E-state index contributed by atoms with van der Waals surface area (Å²) in [4.78, 5) is 32.7. The lowest BCUT2D eigenvalue weighted by molar-refractivity contribution is 0.251. The number of hydrogen-bond acceptors (Lipinski definition) is 5. The molecule has 4 aromatic rings. The van der Waals surface area contributed by atoms with Gasteiger partial charge in [0.15, 0.2) is 0 Å². The first-order valence-corrected chi connectivity index (χ1v) is 14.7. The highest BCUT2D eigenvalue weighted by atomic mass is 32.2. The van der Waals surface area contributed by atoms with Crippen LogP contribution >= 0.6 is 0 Å². The number of urea groups is 2. The van der Waals surface area contributed by atoms with Crippen LogP contribution in [0.1, 0.15) is 11.1 Å². The highest BCUT2D eigenvalue weighted by Gasteiger charge is 2.34. The Morgan fingerprint density at radius 3 is 2.22 bits per heavy atom. The van der Waals surface area contributed by atoms with Gasteiger partial charge in [-0.1, -0.05) is 48.5 Å². The number of anilines is 4. The van der Waals surface area contributed by atoms with Gasteiger partial charge in [-0.25, -0.2) is 22.3 Å². The summed E-state index contributed by atoms with van der Waals surface area (Å²) in [6, 6.07) is 24.6. The fourth-order valence-corrected chi connectivity index (χ4v) is 6.67. The number of carbonyl (C=O) groups excluding carboxylic acids is 2. The van der Waals surface area contributed by atoms with Gasteiger partial charge in [-0.3, -0.25) is 14.8 Å². The quantitative estimate of drug-likeness (QED) is 0.330. The van der Waals surface area contributed by atoms with Crippen molar-refractivity contribution in [2.24, 2.45) is 0 Å². The number of amides is 4. The van der Waals surface area contributed by atoms with Crippen molar-refractivity contribution in [3.05, 3.63) is 108 Å². The SMILES string of the molecule is O=C1NCCN1c1cccc(N(c2cccc(Cc3ccccc3)c2N2CCNC2=O)S(=O)(=O)c2cccnc2)c1. The summed E-state index contributed by atoms with van der Waals surface area (Å²) in [6.45, 7) is 1.78. The minimum atomic E-state index is -4.23. The summed E-state index contributed by atoms with van der Waals surface area (Å²) in [5.74, 6) is 0. The maximum absolute atomic E-state index is 14.4. The van der Waals surface area contributed by atoms with E-state index in [-0.39, 0.29) is 17.0 Å². The topological polar surface area (TPSA) is 115 Å². The third-order valence-electron chi connectivity index (χ3n) is 7.09. The van der Waals surface area contributed by atoms with E-state index >= 15 is 0 Å². The number of nitrogens with one attached hydrogen (secondary N) is 2. The first kappa shape index (κ1) is 26.3. The molecule has 41 heavy (non-hydrogen) atoms. The van der Waals surface area contributed by atoms with Gasteiger partial charge in [-0.15, -0.1) is 0 Å². The number of para-hydroxylation sites is 1. The van der Waals surface area contributed by atoms with Crippen molar-refractivity contribution in [3.63, 3.8) is 0 Å². The van der Waals surface area contributed by atoms with E-state index in [9.17, 15) is 18.0 Å². The van der Waals surface area contributed by atoms with E-state index in [0.29, 0.717) is 55.3 Å². The van der Waals surface area contributed by atoms with Crippen molar-refractivity contribution in [3.8, 4) is 0 Å². The van der Waals surface area contributed by atoms with Crippen molar-refractivity contribution < 1.29 is 18.0 Å². The molecule has 0 radical (unpaired) electrons. The summed E-state index contributed by atoms with van der Waals surface area (Å²) in [6.07, 6.45) is 3.30. The molecule has 2 aliphatic heterocycles. The van der Waals surface area contributed by atoms with E-state index in [0.717, 1.165) is 11.1 Å². The average Bonchev–Trinajstić information content (AvgIpc) is 3.62. The molecule has 0 saturated carbocycles. The highest BCUT2D eigenvalue weighted by Crippen LogP contribution is 2.43. The summed E-state index contributed by atoms with van der Waals surface area (Å²) < 4.78 is 30.1. The van der Waals surface area contributed by atoms with Crippen LogP contribution in [-0.2, 0) is 16.4 Å². The van der Waals surface area contributed by atoms with E-state index < -0.39 is 10.0 Å². The highest BCUT2D eigenvalue weighted by molar-refractivity contribution is 7.93. The van der Waals surface area contributed by atoms with Gasteiger partial charge in [0.05, 0.1) is 17.1 Å². The molecular weight excluding hydrogens is 540 g/mol. The largest absolute Gasteiger partial charge is 0.336 e. The molecule has 2 saturated heterocycles. The van der Waals surface area contributed by atoms with Crippen LogP contribution in [0.15, 0.2) is 102 Å². The molecule has 0 spiro atoms. The molecule has 2 fully saturated rings. The van der Waals surface area contributed by atoms with Crippen molar-refractivity contribution in [2.75, 3.05) is 40.3 Å². The Kier molecular flexibility index (Phi) is 7.02. The van der Waals surface area contributed by atoms with E-state index in [1.165, 1.54) is 22.8 Å². The molecule has 0 unspecified atom stereocenters. The third-order valence-corrected chi connectivity index (χ3v) is 8.81. The molecule has 11 heteroatoms. The fourth-order valence-electron chi connectivity index (χ4n) is 5.21. The van der Waals surface area contributed by atoms with E-state index in [2.05, 4.69) is 15.6 Å². The van der Waals surface area contributed by atoms with Crippen LogP contribution in [0.3, 0.4) is 0 Å². The molecule has 0 aliphatic carbocycles. The summed E-state index contributed by atoms with van der Waals surface area (Å²) in [5.41, 5.74) is 3.53. The van der Waals surface area contributed by atoms with Crippen LogP contribution in [0.4, 0.5) is 32.3 Å². The second-order valence-corrected chi connectivity index (χ2v) is 11.5. The first-order valence-electron chi connectivity index (χ1n) is 13.3. The van der Waals surface area contributed by atoms with Crippen LogP contribution in [-0.4, -0.2) is 51.6 Å². The fraction of sp³-hybridized carbons (Fsp3) is 0.167. The van der Waals surface area contributed by atoms with E-state index in [1.54, 1.807) is 52.3 Å². The molecular formula is C30H28N6O4S. The van der Waals surface area contributed by atoms with Gasteiger partial charge >= 0.3 is 12.1 Å². The van der Waals surface area contributed by atoms with Gasteiger partial charge in [0.1, 0.15) is 4.90 Å². The van der Waals surface area contributed by atoms with Gasteiger partial charge in [-0.2, -0.15) is 0 Å². The monoisotopic (exact) mass is 568 g/mol. The zero-order valence-electron chi connectivity index (χ0n) is 22.1. The minimum Gasteiger partial charge on any atom is -0.336 e. The number of sulfonamides is 1. The maximum atomic E-state index is 14.4. The lowest BCUT2D eigenvalue weighted by atomic mass is 10.0.